The van der Waals surface area contributed by atoms with E-state index in [2.05, 4.69) is 9.72 Å². The number of benzene rings is 3. The Balaban J connectivity index is 1.62. The quantitative estimate of drug-likeness (QED) is 0.164. The van der Waals surface area contributed by atoms with Crippen LogP contribution < -0.4 is 0 Å². The Morgan fingerprint density at radius 3 is 2.18 bits per heavy atom. The molecular weight excluding hydrogens is 444 g/mol. The van der Waals surface area contributed by atoms with E-state index in [4.69, 9.17) is 4.84 Å². The molecule has 34 heavy (non-hydrogen) atoms. The predicted molar refractivity (Wildman–Crippen MR) is 124 cm³/mol. The highest BCUT2D eigenvalue weighted by atomic mass is 19.4. The van der Waals surface area contributed by atoms with Crippen molar-refractivity contribution in [2.75, 3.05) is 0 Å². The van der Waals surface area contributed by atoms with E-state index in [0.717, 1.165) is 40.3 Å². The zero-order chi connectivity index (χ0) is 24.3. The lowest BCUT2D eigenvalue weighted by Crippen LogP contribution is -2.04. The molecule has 0 saturated heterocycles. The number of halogens is 4. The van der Waals surface area contributed by atoms with E-state index in [9.17, 15) is 17.6 Å². The van der Waals surface area contributed by atoms with Crippen molar-refractivity contribution >= 4 is 5.71 Å². The van der Waals surface area contributed by atoms with Gasteiger partial charge in [-0.3, -0.25) is 0 Å². The Hall–Kier alpha value is -3.87. The highest BCUT2D eigenvalue weighted by Crippen LogP contribution is 2.31. The van der Waals surface area contributed by atoms with Gasteiger partial charge >= 0.3 is 6.18 Å². The molecule has 0 aliphatic rings. The predicted octanol–water partition coefficient (Wildman–Crippen LogP) is 7.55. The standard InChI is InChI=1S/C27H22F4N2O/c1-18(32-34-17-20-8-12-22(13-9-20)27(29,30)31)25-16-26(21-10-14-23(28)15-11-21)33(19(25)2)24-6-4-3-5-7-24/h3-16H,17H2,1-2H3. The number of aromatic nitrogens is 1. The zero-order valence-corrected chi connectivity index (χ0v) is 18.6. The molecule has 4 aromatic rings. The highest BCUT2D eigenvalue weighted by Gasteiger charge is 2.29. The van der Waals surface area contributed by atoms with Crippen molar-refractivity contribution in [2.24, 2.45) is 5.16 Å². The van der Waals surface area contributed by atoms with E-state index in [1.54, 1.807) is 19.1 Å². The molecule has 0 N–H and O–H groups in total. The van der Waals surface area contributed by atoms with Crippen LogP contribution in [0.15, 0.2) is 90.1 Å². The van der Waals surface area contributed by atoms with Crippen molar-refractivity contribution in [1.29, 1.82) is 0 Å². The van der Waals surface area contributed by atoms with Gasteiger partial charge in [0.1, 0.15) is 12.4 Å². The third-order valence-electron chi connectivity index (χ3n) is 5.51. The summed E-state index contributed by atoms with van der Waals surface area (Å²) in [5, 5.41) is 4.20. The second kappa shape index (κ2) is 9.55. The summed E-state index contributed by atoms with van der Waals surface area (Å²) >= 11 is 0. The smallest absolute Gasteiger partial charge is 0.391 e. The van der Waals surface area contributed by atoms with Gasteiger partial charge < -0.3 is 9.40 Å². The molecule has 0 atom stereocenters. The SMILES string of the molecule is CC(=NOCc1ccc(C(F)(F)F)cc1)c1cc(-c2ccc(F)cc2)n(-c2ccccc2)c1C. The number of alkyl halides is 3. The third kappa shape index (κ3) is 5.03. The Kier molecular flexibility index (Phi) is 6.54. The number of rotatable bonds is 6. The normalized spacial score (nSPS) is 12.1. The van der Waals surface area contributed by atoms with Crippen molar-refractivity contribution in [3.8, 4) is 16.9 Å². The number of hydrogen-bond donors (Lipinski definition) is 0. The van der Waals surface area contributed by atoms with Gasteiger partial charge in [0, 0.05) is 16.9 Å². The monoisotopic (exact) mass is 466 g/mol. The van der Waals surface area contributed by atoms with Crippen LogP contribution in [0.4, 0.5) is 17.6 Å². The second-order valence-electron chi connectivity index (χ2n) is 7.85. The largest absolute Gasteiger partial charge is 0.416 e. The van der Waals surface area contributed by atoms with Gasteiger partial charge in [0.05, 0.1) is 17.0 Å². The third-order valence-corrected chi connectivity index (χ3v) is 5.51. The first-order valence-electron chi connectivity index (χ1n) is 10.6. The molecule has 0 saturated carbocycles. The summed E-state index contributed by atoms with van der Waals surface area (Å²) in [6, 6.07) is 22.8. The summed E-state index contributed by atoms with van der Waals surface area (Å²) in [5.41, 5.74) is 4.92. The lowest BCUT2D eigenvalue weighted by molar-refractivity contribution is -0.137. The van der Waals surface area contributed by atoms with Gasteiger partial charge in [-0.2, -0.15) is 13.2 Å². The number of para-hydroxylation sites is 1. The minimum atomic E-state index is -4.38. The van der Waals surface area contributed by atoms with Crippen molar-refractivity contribution in [3.63, 3.8) is 0 Å². The Bertz CT molecular complexity index is 1290. The van der Waals surface area contributed by atoms with Gasteiger partial charge in [-0.1, -0.05) is 35.5 Å². The van der Waals surface area contributed by atoms with Crippen molar-refractivity contribution in [3.05, 3.63) is 113 Å². The van der Waals surface area contributed by atoms with Crippen molar-refractivity contribution < 1.29 is 22.4 Å². The summed E-state index contributed by atoms with van der Waals surface area (Å²) in [6.07, 6.45) is -4.38. The molecule has 174 valence electrons. The van der Waals surface area contributed by atoms with Crippen LogP contribution in [0.2, 0.25) is 0 Å². The Morgan fingerprint density at radius 2 is 1.56 bits per heavy atom. The summed E-state index contributed by atoms with van der Waals surface area (Å²) in [6.45, 7) is 3.81. The summed E-state index contributed by atoms with van der Waals surface area (Å²) < 4.78 is 53.8. The molecule has 1 aromatic heterocycles. The minimum absolute atomic E-state index is 0.0404. The lowest BCUT2D eigenvalue weighted by Gasteiger charge is -2.12. The maximum atomic E-state index is 13.5. The number of oxime groups is 1. The fraction of sp³-hybridized carbons (Fsp3) is 0.148. The fourth-order valence-electron chi connectivity index (χ4n) is 3.76. The van der Waals surface area contributed by atoms with Crippen LogP contribution in [-0.4, -0.2) is 10.3 Å². The molecule has 0 radical (unpaired) electrons. The average Bonchev–Trinajstić information content (AvgIpc) is 3.17. The molecule has 0 aliphatic heterocycles. The zero-order valence-electron chi connectivity index (χ0n) is 18.6. The van der Waals surface area contributed by atoms with Crippen LogP contribution in [0.5, 0.6) is 0 Å². The molecule has 0 amide bonds. The fourth-order valence-corrected chi connectivity index (χ4v) is 3.76. The van der Waals surface area contributed by atoms with E-state index in [1.165, 1.54) is 24.3 Å². The van der Waals surface area contributed by atoms with Gasteiger partial charge in [-0.25, -0.2) is 4.39 Å². The summed E-state index contributed by atoms with van der Waals surface area (Å²) in [7, 11) is 0. The molecule has 1 heterocycles. The maximum Gasteiger partial charge on any atom is 0.416 e. The Morgan fingerprint density at radius 1 is 0.912 bits per heavy atom. The molecule has 4 rings (SSSR count). The van der Waals surface area contributed by atoms with Gasteiger partial charge in [-0.05, 0) is 79.6 Å². The summed E-state index contributed by atoms with van der Waals surface area (Å²) in [4.78, 5) is 5.44. The van der Waals surface area contributed by atoms with E-state index < -0.39 is 11.7 Å². The van der Waals surface area contributed by atoms with Crippen LogP contribution >= 0.6 is 0 Å². The van der Waals surface area contributed by atoms with E-state index in [1.807, 2.05) is 43.3 Å². The van der Waals surface area contributed by atoms with Gasteiger partial charge in [0.25, 0.3) is 0 Å². The van der Waals surface area contributed by atoms with Crippen LogP contribution in [0.25, 0.3) is 16.9 Å². The lowest BCUT2D eigenvalue weighted by atomic mass is 10.1. The molecule has 0 spiro atoms. The maximum absolute atomic E-state index is 13.5. The van der Waals surface area contributed by atoms with Gasteiger partial charge in [0.15, 0.2) is 0 Å². The second-order valence-corrected chi connectivity index (χ2v) is 7.85. The van der Waals surface area contributed by atoms with E-state index in [-0.39, 0.29) is 12.4 Å². The first-order chi connectivity index (χ1) is 16.2. The number of hydrogen-bond acceptors (Lipinski definition) is 2. The molecule has 7 heteroatoms. The van der Waals surface area contributed by atoms with Crippen LogP contribution in [0.3, 0.4) is 0 Å². The van der Waals surface area contributed by atoms with Crippen molar-refractivity contribution in [2.45, 2.75) is 26.6 Å². The molecule has 0 bridgehead atoms. The van der Waals surface area contributed by atoms with Crippen molar-refractivity contribution in [1.82, 2.24) is 4.57 Å². The highest BCUT2D eigenvalue weighted by molar-refractivity contribution is 6.01. The first-order valence-corrected chi connectivity index (χ1v) is 10.6. The minimum Gasteiger partial charge on any atom is -0.391 e. The first kappa shape index (κ1) is 23.3. The number of nitrogens with zero attached hydrogens (tertiary/aromatic N) is 2. The molecule has 3 aromatic carbocycles. The Labute approximate surface area is 194 Å². The summed E-state index contributed by atoms with van der Waals surface area (Å²) in [5.74, 6) is -0.312. The van der Waals surface area contributed by atoms with Gasteiger partial charge in [-0.15, -0.1) is 0 Å². The van der Waals surface area contributed by atoms with Crippen LogP contribution in [-0.2, 0) is 17.6 Å². The average molecular weight is 466 g/mol. The van der Waals surface area contributed by atoms with Crippen LogP contribution in [0.1, 0.15) is 29.3 Å². The molecule has 0 unspecified atom stereocenters. The molecule has 0 aliphatic carbocycles. The topological polar surface area (TPSA) is 26.5 Å². The van der Waals surface area contributed by atoms with Gasteiger partial charge in [0.2, 0.25) is 0 Å². The van der Waals surface area contributed by atoms with E-state index in [0.29, 0.717) is 11.3 Å². The van der Waals surface area contributed by atoms with Crippen LogP contribution in [0, 0.1) is 12.7 Å². The van der Waals surface area contributed by atoms with E-state index >= 15 is 0 Å². The molecule has 3 nitrogen and oxygen atoms in total. The molecule has 0 fully saturated rings. The molecular formula is C27H22F4N2O.